The molecule has 1 aliphatic heterocycles. The van der Waals surface area contributed by atoms with Crippen molar-refractivity contribution in [1.29, 1.82) is 0 Å². The Hall–Kier alpha value is -3.22. The molecule has 0 aliphatic carbocycles. The van der Waals surface area contributed by atoms with E-state index in [-0.39, 0.29) is 19.2 Å². The SMILES string of the molecule is CN(C)C(=O)CNC(=NCc1ccc2c(c1)OCO2)NCc1ccccc1. The number of fused-ring (bicyclic) bond motifs is 1. The van der Waals surface area contributed by atoms with Crippen LogP contribution in [0.15, 0.2) is 53.5 Å². The minimum Gasteiger partial charge on any atom is -0.454 e. The topological polar surface area (TPSA) is 75.2 Å². The Morgan fingerprint density at radius 3 is 2.59 bits per heavy atom. The number of carbonyl (C=O) groups excluding carboxylic acids is 1. The number of amides is 1. The zero-order valence-electron chi connectivity index (χ0n) is 15.6. The van der Waals surface area contributed by atoms with Crippen LogP contribution in [0.1, 0.15) is 11.1 Å². The Bertz CT molecular complexity index is 806. The molecule has 0 fully saturated rings. The molecule has 1 amide bonds. The Kier molecular flexibility index (Phi) is 6.14. The number of nitrogens with one attached hydrogen (secondary N) is 2. The van der Waals surface area contributed by atoms with Gasteiger partial charge in [0.1, 0.15) is 0 Å². The minimum atomic E-state index is -0.0210. The predicted molar refractivity (Wildman–Crippen MR) is 104 cm³/mol. The van der Waals surface area contributed by atoms with E-state index in [1.807, 2.05) is 48.5 Å². The first kappa shape index (κ1) is 18.6. The quantitative estimate of drug-likeness (QED) is 0.600. The summed E-state index contributed by atoms with van der Waals surface area (Å²) in [6.45, 7) is 1.50. The molecule has 27 heavy (non-hydrogen) atoms. The van der Waals surface area contributed by atoms with Crippen LogP contribution < -0.4 is 20.1 Å². The molecular formula is C20H24N4O3. The van der Waals surface area contributed by atoms with Gasteiger partial charge in [-0.15, -0.1) is 0 Å². The van der Waals surface area contributed by atoms with Crippen LogP contribution in [-0.4, -0.2) is 44.2 Å². The van der Waals surface area contributed by atoms with Gasteiger partial charge >= 0.3 is 0 Å². The zero-order chi connectivity index (χ0) is 19.1. The van der Waals surface area contributed by atoms with E-state index in [9.17, 15) is 4.79 Å². The van der Waals surface area contributed by atoms with E-state index in [4.69, 9.17) is 9.47 Å². The van der Waals surface area contributed by atoms with Gasteiger partial charge in [0.2, 0.25) is 12.7 Å². The lowest BCUT2D eigenvalue weighted by molar-refractivity contribution is -0.127. The molecule has 1 aliphatic rings. The number of rotatable bonds is 6. The largest absolute Gasteiger partial charge is 0.454 e. The second-order valence-electron chi connectivity index (χ2n) is 6.33. The Labute approximate surface area is 159 Å². The van der Waals surface area contributed by atoms with E-state index in [0.717, 1.165) is 22.6 Å². The first-order valence-electron chi connectivity index (χ1n) is 8.76. The van der Waals surface area contributed by atoms with E-state index in [2.05, 4.69) is 15.6 Å². The summed E-state index contributed by atoms with van der Waals surface area (Å²) in [6.07, 6.45) is 0. The molecule has 2 aromatic rings. The number of likely N-dealkylation sites (N-methyl/N-ethyl adjacent to an activating group) is 1. The highest BCUT2D eigenvalue weighted by Crippen LogP contribution is 2.32. The van der Waals surface area contributed by atoms with Crippen molar-refractivity contribution in [3.63, 3.8) is 0 Å². The van der Waals surface area contributed by atoms with Crippen LogP contribution in [-0.2, 0) is 17.9 Å². The Balaban J connectivity index is 1.65. The van der Waals surface area contributed by atoms with Crippen molar-refractivity contribution < 1.29 is 14.3 Å². The molecular weight excluding hydrogens is 344 g/mol. The lowest BCUT2D eigenvalue weighted by Gasteiger charge is -2.15. The molecule has 0 atom stereocenters. The van der Waals surface area contributed by atoms with E-state index in [0.29, 0.717) is 19.0 Å². The van der Waals surface area contributed by atoms with Gasteiger partial charge in [0.15, 0.2) is 17.5 Å². The highest BCUT2D eigenvalue weighted by molar-refractivity contribution is 5.86. The molecule has 0 radical (unpaired) electrons. The van der Waals surface area contributed by atoms with Crippen molar-refractivity contribution in [2.24, 2.45) is 4.99 Å². The maximum absolute atomic E-state index is 11.9. The van der Waals surface area contributed by atoms with Crippen LogP contribution in [0, 0.1) is 0 Å². The standard InChI is InChI=1S/C20H24N4O3/c1-24(2)19(25)13-23-20(21-11-15-6-4-3-5-7-15)22-12-16-8-9-17-18(10-16)27-14-26-17/h3-10H,11-14H2,1-2H3,(H2,21,22,23). The monoisotopic (exact) mass is 368 g/mol. The smallest absolute Gasteiger partial charge is 0.241 e. The van der Waals surface area contributed by atoms with Crippen LogP contribution in [0.4, 0.5) is 0 Å². The van der Waals surface area contributed by atoms with Gasteiger partial charge in [0.05, 0.1) is 13.1 Å². The molecule has 0 aromatic heterocycles. The summed E-state index contributed by atoms with van der Waals surface area (Å²) in [6, 6.07) is 15.8. The first-order valence-corrected chi connectivity index (χ1v) is 8.76. The summed E-state index contributed by atoms with van der Waals surface area (Å²) in [4.78, 5) is 18.0. The zero-order valence-corrected chi connectivity index (χ0v) is 15.6. The highest BCUT2D eigenvalue weighted by Gasteiger charge is 2.13. The van der Waals surface area contributed by atoms with Crippen molar-refractivity contribution in [2.45, 2.75) is 13.1 Å². The molecule has 0 saturated heterocycles. The number of carbonyl (C=O) groups is 1. The fourth-order valence-electron chi connectivity index (χ4n) is 2.48. The van der Waals surface area contributed by atoms with Gasteiger partial charge in [-0.05, 0) is 23.3 Å². The fourth-order valence-corrected chi connectivity index (χ4v) is 2.48. The number of aliphatic imine (C=N–C) groups is 1. The number of guanidine groups is 1. The summed E-state index contributed by atoms with van der Waals surface area (Å²) in [7, 11) is 3.45. The maximum atomic E-state index is 11.9. The number of hydrogen-bond acceptors (Lipinski definition) is 4. The normalized spacial score (nSPS) is 12.6. The number of ether oxygens (including phenoxy) is 2. The second kappa shape index (κ2) is 8.93. The molecule has 3 rings (SSSR count). The average molecular weight is 368 g/mol. The van der Waals surface area contributed by atoms with E-state index in [1.54, 1.807) is 19.0 Å². The number of nitrogens with zero attached hydrogens (tertiary/aromatic N) is 2. The Morgan fingerprint density at radius 2 is 1.81 bits per heavy atom. The van der Waals surface area contributed by atoms with Crippen molar-refractivity contribution in [1.82, 2.24) is 15.5 Å². The molecule has 0 unspecified atom stereocenters. The lowest BCUT2D eigenvalue weighted by atomic mass is 10.2. The van der Waals surface area contributed by atoms with Crippen molar-refractivity contribution in [3.8, 4) is 11.5 Å². The predicted octanol–water partition coefficient (Wildman–Crippen LogP) is 1.74. The third-order valence-electron chi connectivity index (χ3n) is 4.07. The van der Waals surface area contributed by atoms with E-state index < -0.39 is 0 Å². The summed E-state index contributed by atoms with van der Waals surface area (Å²) in [5.74, 6) is 2.04. The van der Waals surface area contributed by atoms with Crippen LogP contribution >= 0.6 is 0 Å². The number of hydrogen-bond donors (Lipinski definition) is 2. The highest BCUT2D eigenvalue weighted by atomic mass is 16.7. The third-order valence-corrected chi connectivity index (χ3v) is 4.07. The molecule has 1 heterocycles. The molecule has 7 nitrogen and oxygen atoms in total. The van der Waals surface area contributed by atoms with Crippen LogP contribution in [0.5, 0.6) is 11.5 Å². The summed E-state index contributed by atoms with van der Waals surface area (Å²) >= 11 is 0. The molecule has 0 bridgehead atoms. The van der Waals surface area contributed by atoms with Crippen molar-refractivity contribution in [2.75, 3.05) is 27.4 Å². The van der Waals surface area contributed by atoms with Crippen LogP contribution in [0.25, 0.3) is 0 Å². The lowest BCUT2D eigenvalue weighted by Crippen LogP contribution is -2.42. The van der Waals surface area contributed by atoms with Gasteiger partial charge in [0.25, 0.3) is 0 Å². The van der Waals surface area contributed by atoms with Gasteiger partial charge in [-0.2, -0.15) is 0 Å². The molecule has 0 saturated carbocycles. The molecule has 0 spiro atoms. The fraction of sp³-hybridized carbons (Fsp3) is 0.300. The van der Waals surface area contributed by atoms with Crippen molar-refractivity contribution >= 4 is 11.9 Å². The molecule has 2 aromatic carbocycles. The average Bonchev–Trinajstić information content (AvgIpc) is 3.15. The summed E-state index contributed by atoms with van der Waals surface area (Å²) in [5.41, 5.74) is 2.13. The molecule has 7 heteroatoms. The maximum Gasteiger partial charge on any atom is 0.241 e. The molecule has 2 N–H and O–H groups in total. The number of benzene rings is 2. The van der Waals surface area contributed by atoms with Gasteiger partial charge in [-0.25, -0.2) is 4.99 Å². The van der Waals surface area contributed by atoms with Gasteiger partial charge in [0, 0.05) is 20.6 Å². The van der Waals surface area contributed by atoms with E-state index in [1.165, 1.54) is 0 Å². The van der Waals surface area contributed by atoms with Gasteiger partial charge < -0.3 is 25.0 Å². The van der Waals surface area contributed by atoms with Crippen LogP contribution in [0.3, 0.4) is 0 Å². The van der Waals surface area contributed by atoms with Crippen LogP contribution in [0.2, 0.25) is 0 Å². The van der Waals surface area contributed by atoms with Crippen molar-refractivity contribution in [3.05, 3.63) is 59.7 Å². The van der Waals surface area contributed by atoms with E-state index >= 15 is 0 Å². The summed E-state index contributed by atoms with van der Waals surface area (Å²) in [5, 5.41) is 6.35. The van der Waals surface area contributed by atoms with Gasteiger partial charge in [-0.3, -0.25) is 4.79 Å². The van der Waals surface area contributed by atoms with Gasteiger partial charge in [-0.1, -0.05) is 36.4 Å². The summed E-state index contributed by atoms with van der Waals surface area (Å²) < 4.78 is 10.7. The Morgan fingerprint density at radius 1 is 1.04 bits per heavy atom. The first-order chi connectivity index (χ1) is 13.1. The molecule has 142 valence electrons. The minimum absolute atomic E-state index is 0.0210. The second-order valence-corrected chi connectivity index (χ2v) is 6.33. The third kappa shape index (κ3) is 5.37.